The number of rotatable bonds is 5. The summed E-state index contributed by atoms with van der Waals surface area (Å²) >= 11 is 1.88. The van der Waals surface area contributed by atoms with Crippen LogP contribution in [-0.2, 0) is 6.54 Å². The summed E-state index contributed by atoms with van der Waals surface area (Å²) in [4.78, 5) is 0. The second-order valence-electron chi connectivity index (χ2n) is 5.36. The number of ether oxygens (including phenoxy) is 2. The van der Waals surface area contributed by atoms with Gasteiger partial charge in [-0.15, -0.1) is 0 Å². The zero-order valence-electron chi connectivity index (χ0n) is 12.0. The van der Waals surface area contributed by atoms with E-state index in [1.807, 2.05) is 23.9 Å². The fourth-order valence-electron chi connectivity index (χ4n) is 1.96. The first-order chi connectivity index (χ1) is 9.12. The van der Waals surface area contributed by atoms with Crippen molar-refractivity contribution in [3.8, 4) is 11.5 Å². The smallest absolute Gasteiger partial charge is 0.165 e. The van der Waals surface area contributed by atoms with Crippen molar-refractivity contribution in [1.29, 1.82) is 0 Å². The SMILES string of the molecule is CSC(C)(C)CNCc1cccc2c1OCCCO2. The van der Waals surface area contributed by atoms with Crippen LogP contribution in [0.3, 0.4) is 0 Å². The van der Waals surface area contributed by atoms with Crippen LogP contribution in [0.25, 0.3) is 0 Å². The molecule has 0 amide bonds. The Balaban J connectivity index is 2.01. The molecule has 0 fully saturated rings. The van der Waals surface area contributed by atoms with E-state index in [1.54, 1.807) is 0 Å². The third-order valence-electron chi connectivity index (χ3n) is 3.27. The number of nitrogens with one attached hydrogen (secondary N) is 1. The second kappa shape index (κ2) is 6.53. The van der Waals surface area contributed by atoms with Gasteiger partial charge in [-0.1, -0.05) is 12.1 Å². The summed E-state index contributed by atoms with van der Waals surface area (Å²) in [6, 6.07) is 6.12. The van der Waals surface area contributed by atoms with E-state index in [0.717, 1.165) is 44.2 Å². The molecule has 0 spiro atoms. The number of hydrogen-bond donors (Lipinski definition) is 1. The quantitative estimate of drug-likeness (QED) is 0.898. The molecule has 19 heavy (non-hydrogen) atoms. The summed E-state index contributed by atoms with van der Waals surface area (Å²) in [6.07, 6.45) is 3.09. The summed E-state index contributed by atoms with van der Waals surface area (Å²) in [5.41, 5.74) is 1.18. The lowest BCUT2D eigenvalue weighted by Crippen LogP contribution is -2.31. The summed E-state index contributed by atoms with van der Waals surface area (Å²) in [6.45, 7) is 7.75. The number of fused-ring (bicyclic) bond motifs is 1. The molecule has 0 aliphatic carbocycles. The summed E-state index contributed by atoms with van der Waals surface area (Å²) in [7, 11) is 0. The minimum absolute atomic E-state index is 0.253. The van der Waals surface area contributed by atoms with Crippen molar-refractivity contribution in [2.45, 2.75) is 31.6 Å². The molecule has 0 atom stereocenters. The standard InChI is InChI=1S/C15H23NO2S/c1-15(2,19-3)11-16-10-12-6-4-7-13-14(12)18-9-5-8-17-13/h4,6-7,16H,5,8-11H2,1-3H3. The largest absolute Gasteiger partial charge is 0.490 e. The van der Waals surface area contributed by atoms with E-state index in [-0.39, 0.29) is 4.75 Å². The molecular weight excluding hydrogens is 258 g/mol. The minimum atomic E-state index is 0.253. The first kappa shape index (κ1) is 14.5. The predicted molar refractivity (Wildman–Crippen MR) is 81.3 cm³/mol. The van der Waals surface area contributed by atoms with Crippen molar-refractivity contribution in [2.75, 3.05) is 26.0 Å². The molecule has 0 radical (unpaired) electrons. The fourth-order valence-corrected chi connectivity index (χ4v) is 2.21. The van der Waals surface area contributed by atoms with Crippen molar-refractivity contribution in [2.24, 2.45) is 0 Å². The van der Waals surface area contributed by atoms with E-state index >= 15 is 0 Å². The average Bonchev–Trinajstić information content (AvgIpc) is 2.64. The van der Waals surface area contributed by atoms with Gasteiger partial charge in [-0.05, 0) is 26.2 Å². The van der Waals surface area contributed by atoms with Crippen LogP contribution < -0.4 is 14.8 Å². The minimum Gasteiger partial charge on any atom is -0.490 e. The normalized spacial score (nSPS) is 15.1. The Bertz CT molecular complexity index is 421. The topological polar surface area (TPSA) is 30.5 Å². The van der Waals surface area contributed by atoms with Gasteiger partial charge in [0.1, 0.15) is 0 Å². The molecule has 1 aromatic carbocycles. The number of benzene rings is 1. The number of thioether (sulfide) groups is 1. The maximum atomic E-state index is 5.82. The van der Waals surface area contributed by atoms with Crippen LogP contribution in [0, 0.1) is 0 Å². The molecule has 106 valence electrons. The molecule has 0 unspecified atom stereocenters. The van der Waals surface area contributed by atoms with Gasteiger partial charge in [0, 0.05) is 29.8 Å². The first-order valence-corrected chi connectivity index (χ1v) is 7.98. The van der Waals surface area contributed by atoms with Crippen molar-refractivity contribution >= 4 is 11.8 Å². The molecule has 1 heterocycles. The Morgan fingerprint density at radius 1 is 1.26 bits per heavy atom. The van der Waals surface area contributed by atoms with Gasteiger partial charge in [-0.2, -0.15) is 11.8 Å². The predicted octanol–water partition coefficient (Wildman–Crippen LogP) is 3.08. The monoisotopic (exact) mass is 281 g/mol. The second-order valence-corrected chi connectivity index (χ2v) is 6.88. The van der Waals surface area contributed by atoms with Crippen LogP contribution in [0.1, 0.15) is 25.8 Å². The zero-order valence-corrected chi connectivity index (χ0v) is 12.8. The molecule has 0 saturated carbocycles. The highest BCUT2D eigenvalue weighted by atomic mass is 32.2. The highest BCUT2D eigenvalue weighted by molar-refractivity contribution is 7.99. The molecule has 1 aromatic rings. The molecule has 0 saturated heterocycles. The highest BCUT2D eigenvalue weighted by Crippen LogP contribution is 2.33. The number of para-hydroxylation sites is 1. The van der Waals surface area contributed by atoms with Crippen molar-refractivity contribution in [1.82, 2.24) is 5.32 Å². The Labute approximate surface area is 120 Å². The number of hydrogen-bond acceptors (Lipinski definition) is 4. The van der Waals surface area contributed by atoms with Gasteiger partial charge < -0.3 is 14.8 Å². The Hall–Kier alpha value is -0.870. The van der Waals surface area contributed by atoms with Crippen molar-refractivity contribution < 1.29 is 9.47 Å². The Kier molecular flexibility index (Phi) is 4.99. The molecule has 1 aliphatic rings. The van der Waals surface area contributed by atoms with Crippen LogP contribution in [0.5, 0.6) is 11.5 Å². The van der Waals surface area contributed by atoms with Gasteiger partial charge in [-0.25, -0.2) is 0 Å². The van der Waals surface area contributed by atoms with E-state index in [9.17, 15) is 0 Å². The molecule has 0 aromatic heterocycles. The maximum absolute atomic E-state index is 5.82. The summed E-state index contributed by atoms with van der Waals surface area (Å²) in [5.74, 6) is 1.79. The van der Waals surface area contributed by atoms with Crippen LogP contribution in [-0.4, -0.2) is 30.8 Å². The lowest BCUT2D eigenvalue weighted by molar-refractivity contribution is 0.296. The van der Waals surface area contributed by atoms with Crippen LogP contribution in [0.4, 0.5) is 0 Å². The molecule has 0 bridgehead atoms. The van der Waals surface area contributed by atoms with Gasteiger partial charge in [-0.3, -0.25) is 0 Å². The van der Waals surface area contributed by atoms with Gasteiger partial charge >= 0.3 is 0 Å². The molecule has 1 aliphatic heterocycles. The van der Waals surface area contributed by atoms with E-state index in [2.05, 4.69) is 31.5 Å². The maximum Gasteiger partial charge on any atom is 0.165 e. The lowest BCUT2D eigenvalue weighted by Gasteiger charge is -2.22. The lowest BCUT2D eigenvalue weighted by atomic mass is 10.1. The van der Waals surface area contributed by atoms with Crippen molar-refractivity contribution in [3.63, 3.8) is 0 Å². The van der Waals surface area contributed by atoms with Crippen LogP contribution in [0.2, 0.25) is 0 Å². The third kappa shape index (κ3) is 4.05. The van der Waals surface area contributed by atoms with Gasteiger partial charge in [0.15, 0.2) is 11.5 Å². The average molecular weight is 281 g/mol. The summed E-state index contributed by atoms with van der Waals surface area (Å²) in [5, 5.41) is 3.51. The Morgan fingerprint density at radius 3 is 2.84 bits per heavy atom. The van der Waals surface area contributed by atoms with Gasteiger partial charge in [0.05, 0.1) is 13.2 Å². The van der Waals surface area contributed by atoms with E-state index in [0.29, 0.717) is 0 Å². The Morgan fingerprint density at radius 2 is 2.05 bits per heavy atom. The molecule has 4 heteroatoms. The van der Waals surface area contributed by atoms with Gasteiger partial charge in [0.2, 0.25) is 0 Å². The summed E-state index contributed by atoms with van der Waals surface area (Å²) < 4.78 is 11.8. The van der Waals surface area contributed by atoms with Crippen LogP contribution in [0.15, 0.2) is 18.2 Å². The van der Waals surface area contributed by atoms with Crippen molar-refractivity contribution in [3.05, 3.63) is 23.8 Å². The molecule has 3 nitrogen and oxygen atoms in total. The highest BCUT2D eigenvalue weighted by Gasteiger charge is 2.17. The third-order valence-corrected chi connectivity index (χ3v) is 4.52. The van der Waals surface area contributed by atoms with E-state index in [1.165, 1.54) is 5.56 Å². The zero-order chi connectivity index (χ0) is 13.7. The fraction of sp³-hybridized carbons (Fsp3) is 0.600. The van der Waals surface area contributed by atoms with Crippen LogP contribution >= 0.6 is 11.8 Å². The first-order valence-electron chi connectivity index (χ1n) is 6.76. The van der Waals surface area contributed by atoms with E-state index < -0.39 is 0 Å². The van der Waals surface area contributed by atoms with Gasteiger partial charge in [0.25, 0.3) is 0 Å². The molecular formula is C15H23NO2S. The van der Waals surface area contributed by atoms with E-state index in [4.69, 9.17) is 9.47 Å². The molecule has 1 N–H and O–H groups in total. The molecule has 2 rings (SSSR count).